The Bertz CT molecular complexity index is 631. The minimum absolute atomic E-state index is 0.133. The van der Waals surface area contributed by atoms with Crippen molar-refractivity contribution in [2.45, 2.75) is 19.1 Å². The standard InChI is InChI=1S/C19H20N2O/c20-14-16-6-8-18(9-7-16)19-10-11-21(12-13-22-19)15-17-4-2-1-3-5-17/h1-9,19H,10-13,15H2. The summed E-state index contributed by atoms with van der Waals surface area (Å²) in [6.45, 7) is 3.71. The summed E-state index contributed by atoms with van der Waals surface area (Å²) in [6, 6.07) is 20.5. The molecule has 0 aromatic heterocycles. The summed E-state index contributed by atoms with van der Waals surface area (Å²) < 4.78 is 6.01. The van der Waals surface area contributed by atoms with E-state index in [1.165, 1.54) is 11.1 Å². The number of nitrogens with zero attached hydrogens (tertiary/aromatic N) is 2. The van der Waals surface area contributed by atoms with Gasteiger partial charge in [0.25, 0.3) is 0 Å². The van der Waals surface area contributed by atoms with Crippen LogP contribution < -0.4 is 0 Å². The Balaban J connectivity index is 1.61. The third kappa shape index (κ3) is 3.73. The molecule has 0 spiro atoms. The number of rotatable bonds is 3. The zero-order chi connectivity index (χ0) is 15.2. The van der Waals surface area contributed by atoms with Gasteiger partial charge < -0.3 is 4.74 Å². The van der Waals surface area contributed by atoms with Crippen LogP contribution in [0, 0.1) is 11.3 Å². The van der Waals surface area contributed by atoms with Crippen molar-refractivity contribution in [3.63, 3.8) is 0 Å². The normalized spacial score (nSPS) is 19.3. The van der Waals surface area contributed by atoms with Crippen LogP contribution in [0.2, 0.25) is 0 Å². The Hall–Kier alpha value is -2.15. The lowest BCUT2D eigenvalue weighted by atomic mass is 10.0. The second-order valence-electron chi connectivity index (χ2n) is 5.64. The molecule has 1 unspecified atom stereocenters. The van der Waals surface area contributed by atoms with Gasteiger partial charge in [0.2, 0.25) is 0 Å². The Morgan fingerprint density at radius 1 is 1.05 bits per heavy atom. The molecule has 2 aromatic rings. The van der Waals surface area contributed by atoms with E-state index in [-0.39, 0.29) is 6.10 Å². The molecular formula is C19H20N2O. The van der Waals surface area contributed by atoms with Crippen molar-refractivity contribution in [1.29, 1.82) is 5.26 Å². The van der Waals surface area contributed by atoms with Crippen LogP contribution in [0.5, 0.6) is 0 Å². The van der Waals surface area contributed by atoms with E-state index in [0.717, 1.165) is 32.7 Å². The Labute approximate surface area is 131 Å². The predicted molar refractivity (Wildman–Crippen MR) is 86.2 cm³/mol. The van der Waals surface area contributed by atoms with E-state index in [9.17, 15) is 0 Å². The van der Waals surface area contributed by atoms with E-state index in [1.54, 1.807) is 0 Å². The zero-order valence-corrected chi connectivity index (χ0v) is 12.6. The van der Waals surface area contributed by atoms with E-state index in [2.05, 4.69) is 41.3 Å². The summed E-state index contributed by atoms with van der Waals surface area (Å²) in [7, 11) is 0. The molecule has 1 saturated heterocycles. The first kappa shape index (κ1) is 14.8. The van der Waals surface area contributed by atoms with Crippen molar-refractivity contribution in [2.24, 2.45) is 0 Å². The van der Waals surface area contributed by atoms with Gasteiger partial charge in [-0.3, -0.25) is 4.90 Å². The van der Waals surface area contributed by atoms with Gasteiger partial charge in [0.05, 0.1) is 24.3 Å². The highest BCUT2D eigenvalue weighted by molar-refractivity contribution is 5.32. The fraction of sp³-hybridized carbons (Fsp3) is 0.316. The minimum Gasteiger partial charge on any atom is -0.372 e. The van der Waals surface area contributed by atoms with Gasteiger partial charge in [-0.2, -0.15) is 5.26 Å². The summed E-state index contributed by atoms with van der Waals surface area (Å²) in [5, 5.41) is 8.87. The molecule has 1 atom stereocenters. The molecule has 0 aliphatic carbocycles. The lowest BCUT2D eigenvalue weighted by Crippen LogP contribution is -2.25. The highest BCUT2D eigenvalue weighted by Crippen LogP contribution is 2.24. The first-order valence-corrected chi connectivity index (χ1v) is 7.73. The maximum absolute atomic E-state index is 8.87. The highest BCUT2D eigenvalue weighted by Gasteiger charge is 2.19. The monoisotopic (exact) mass is 292 g/mol. The SMILES string of the molecule is N#Cc1ccc(C2CCN(Cc3ccccc3)CCO2)cc1. The topological polar surface area (TPSA) is 36.3 Å². The second-order valence-corrected chi connectivity index (χ2v) is 5.64. The maximum atomic E-state index is 8.87. The Morgan fingerprint density at radius 2 is 1.82 bits per heavy atom. The van der Waals surface area contributed by atoms with E-state index in [4.69, 9.17) is 10.00 Å². The van der Waals surface area contributed by atoms with Gasteiger partial charge in [-0.1, -0.05) is 42.5 Å². The van der Waals surface area contributed by atoms with Crippen LogP contribution in [-0.4, -0.2) is 24.6 Å². The molecule has 0 N–H and O–H groups in total. The average Bonchev–Trinajstić information content (AvgIpc) is 2.82. The van der Waals surface area contributed by atoms with Gasteiger partial charge in [0.1, 0.15) is 0 Å². The molecule has 112 valence electrons. The van der Waals surface area contributed by atoms with Crippen molar-refractivity contribution >= 4 is 0 Å². The number of hydrogen-bond donors (Lipinski definition) is 0. The van der Waals surface area contributed by atoms with Crippen LogP contribution in [0.15, 0.2) is 54.6 Å². The zero-order valence-electron chi connectivity index (χ0n) is 12.6. The number of hydrogen-bond acceptors (Lipinski definition) is 3. The Kier molecular flexibility index (Phi) is 4.85. The van der Waals surface area contributed by atoms with Crippen molar-refractivity contribution in [1.82, 2.24) is 4.90 Å². The van der Waals surface area contributed by atoms with Crippen LogP contribution in [0.4, 0.5) is 0 Å². The van der Waals surface area contributed by atoms with Crippen LogP contribution in [0.1, 0.15) is 29.2 Å². The molecule has 3 heteroatoms. The third-order valence-corrected chi connectivity index (χ3v) is 4.09. The quantitative estimate of drug-likeness (QED) is 0.868. The van der Waals surface area contributed by atoms with Crippen molar-refractivity contribution < 1.29 is 4.74 Å². The molecule has 1 fully saturated rings. The van der Waals surface area contributed by atoms with Gasteiger partial charge in [-0.15, -0.1) is 0 Å². The molecule has 1 aliphatic heterocycles. The van der Waals surface area contributed by atoms with Gasteiger partial charge in [-0.05, 0) is 29.7 Å². The minimum atomic E-state index is 0.133. The number of benzene rings is 2. The smallest absolute Gasteiger partial charge is 0.0991 e. The molecular weight excluding hydrogens is 272 g/mol. The van der Waals surface area contributed by atoms with Gasteiger partial charge in [0, 0.05) is 19.6 Å². The molecule has 0 bridgehead atoms. The summed E-state index contributed by atoms with van der Waals surface area (Å²) in [5.41, 5.74) is 3.21. The average molecular weight is 292 g/mol. The van der Waals surface area contributed by atoms with Crippen molar-refractivity contribution in [3.05, 3.63) is 71.3 Å². The second kappa shape index (κ2) is 7.22. The molecule has 3 rings (SSSR count). The van der Waals surface area contributed by atoms with Crippen LogP contribution >= 0.6 is 0 Å². The van der Waals surface area contributed by atoms with E-state index in [0.29, 0.717) is 5.56 Å². The number of ether oxygens (including phenoxy) is 1. The third-order valence-electron chi connectivity index (χ3n) is 4.09. The van der Waals surface area contributed by atoms with Gasteiger partial charge in [0.15, 0.2) is 0 Å². The van der Waals surface area contributed by atoms with E-state index in [1.807, 2.05) is 24.3 Å². The molecule has 0 saturated carbocycles. The summed E-state index contributed by atoms with van der Waals surface area (Å²) in [6.07, 6.45) is 1.12. The van der Waals surface area contributed by atoms with Crippen LogP contribution in [0.25, 0.3) is 0 Å². The van der Waals surface area contributed by atoms with Gasteiger partial charge >= 0.3 is 0 Å². The molecule has 0 radical (unpaired) electrons. The van der Waals surface area contributed by atoms with Gasteiger partial charge in [-0.25, -0.2) is 0 Å². The molecule has 1 heterocycles. The fourth-order valence-corrected chi connectivity index (χ4v) is 2.85. The lowest BCUT2D eigenvalue weighted by molar-refractivity contribution is 0.0616. The fourth-order valence-electron chi connectivity index (χ4n) is 2.85. The predicted octanol–water partition coefficient (Wildman–Crippen LogP) is 3.52. The maximum Gasteiger partial charge on any atom is 0.0991 e. The summed E-state index contributed by atoms with van der Waals surface area (Å²) in [5.74, 6) is 0. The van der Waals surface area contributed by atoms with E-state index < -0.39 is 0 Å². The first-order chi connectivity index (χ1) is 10.8. The van der Waals surface area contributed by atoms with Crippen LogP contribution in [0.3, 0.4) is 0 Å². The summed E-state index contributed by atoms with van der Waals surface area (Å²) in [4.78, 5) is 2.44. The molecule has 3 nitrogen and oxygen atoms in total. The summed E-state index contributed by atoms with van der Waals surface area (Å²) >= 11 is 0. The highest BCUT2D eigenvalue weighted by atomic mass is 16.5. The first-order valence-electron chi connectivity index (χ1n) is 7.73. The Morgan fingerprint density at radius 3 is 2.55 bits per heavy atom. The van der Waals surface area contributed by atoms with Crippen molar-refractivity contribution in [2.75, 3.05) is 19.7 Å². The number of nitriles is 1. The molecule has 22 heavy (non-hydrogen) atoms. The molecule has 2 aromatic carbocycles. The molecule has 1 aliphatic rings. The van der Waals surface area contributed by atoms with Crippen LogP contribution in [-0.2, 0) is 11.3 Å². The lowest BCUT2D eigenvalue weighted by Gasteiger charge is -2.19. The van der Waals surface area contributed by atoms with Crippen molar-refractivity contribution in [3.8, 4) is 6.07 Å². The van der Waals surface area contributed by atoms with E-state index >= 15 is 0 Å². The largest absolute Gasteiger partial charge is 0.372 e. The molecule has 0 amide bonds.